The zero-order valence-corrected chi connectivity index (χ0v) is 12.5. The molecule has 0 radical (unpaired) electrons. The van der Waals surface area contributed by atoms with Crippen molar-refractivity contribution in [1.29, 1.82) is 0 Å². The molecule has 0 amide bonds. The van der Waals surface area contributed by atoms with Gasteiger partial charge in [-0.3, -0.25) is 10.1 Å². The fourth-order valence-corrected chi connectivity index (χ4v) is 3.24. The van der Waals surface area contributed by atoms with Gasteiger partial charge in [0.15, 0.2) is 0 Å². The molecule has 1 fully saturated rings. The van der Waals surface area contributed by atoms with Crippen LogP contribution >= 0.6 is 11.6 Å². The van der Waals surface area contributed by atoms with Gasteiger partial charge in [0.05, 0.1) is 9.95 Å². The topological polar surface area (TPSA) is 55.2 Å². The maximum Gasteiger partial charge on any atom is 0.293 e. The number of para-hydroxylation sites is 1. The van der Waals surface area contributed by atoms with Gasteiger partial charge in [0.2, 0.25) is 0 Å². The Morgan fingerprint density at radius 2 is 2.05 bits per heavy atom. The number of nitro benzene ring substituents is 1. The standard InChI is InChI=1S/C15H21ClN2O2/c1-2-4-11-7-9-12(10-8-11)17-15-13(16)5-3-6-14(15)18(19)20/h3,5-6,11-12,17H,2,4,7-10H2,1H3. The smallest absolute Gasteiger partial charge is 0.293 e. The number of nitrogens with one attached hydrogen (secondary N) is 1. The molecule has 1 aliphatic rings. The minimum absolute atomic E-state index is 0.0631. The molecule has 1 aromatic carbocycles. The van der Waals surface area contributed by atoms with E-state index in [-0.39, 0.29) is 10.6 Å². The number of rotatable bonds is 5. The summed E-state index contributed by atoms with van der Waals surface area (Å²) >= 11 is 6.10. The lowest BCUT2D eigenvalue weighted by Crippen LogP contribution is -2.26. The van der Waals surface area contributed by atoms with Crippen LogP contribution in [0.25, 0.3) is 0 Å². The molecule has 0 saturated heterocycles. The molecule has 0 bridgehead atoms. The first kappa shape index (κ1) is 15.1. The summed E-state index contributed by atoms with van der Waals surface area (Å²) in [5, 5.41) is 14.8. The molecule has 0 aliphatic heterocycles. The molecule has 1 N–H and O–H groups in total. The first-order valence-electron chi connectivity index (χ1n) is 7.31. The quantitative estimate of drug-likeness (QED) is 0.613. The highest BCUT2D eigenvalue weighted by molar-refractivity contribution is 6.33. The number of halogens is 1. The van der Waals surface area contributed by atoms with Crippen LogP contribution in [0.3, 0.4) is 0 Å². The van der Waals surface area contributed by atoms with E-state index in [1.165, 1.54) is 31.7 Å². The molecular formula is C15H21ClN2O2. The van der Waals surface area contributed by atoms with E-state index < -0.39 is 0 Å². The lowest BCUT2D eigenvalue weighted by Gasteiger charge is -2.29. The Morgan fingerprint density at radius 3 is 2.65 bits per heavy atom. The summed E-state index contributed by atoms with van der Waals surface area (Å²) in [6.07, 6.45) is 7.05. The van der Waals surface area contributed by atoms with Gasteiger partial charge in [0, 0.05) is 12.1 Å². The van der Waals surface area contributed by atoms with E-state index in [0.717, 1.165) is 18.8 Å². The van der Waals surface area contributed by atoms with Crippen molar-refractivity contribution in [3.05, 3.63) is 33.3 Å². The highest BCUT2D eigenvalue weighted by atomic mass is 35.5. The Hall–Kier alpha value is -1.29. The summed E-state index contributed by atoms with van der Waals surface area (Å²) in [6.45, 7) is 2.22. The van der Waals surface area contributed by atoms with E-state index in [2.05, 4.69) is 12.2 Å². The van der Waals surface area contributed by atoms with Gasteiger partial charge in [0.25, 0.3) is 5.69 Å². The highest BCUT2D eigenvalue weighted by Gasteiger charge is 2.24. The van der Waals surface area contributed by atoms with Crippen molar-refractivity contribution in [3.63, 3.8) is 0 Å². The largest absolute Gasteiger partial charge is 0.376 e. The predicted molar refractivity (Wildman–Crippen MR) is 82.4 cm³/mol. The van der Waals surface area contributed by atoms with E-state index in [9.17, 15) is 10.1 Å². The van der Waals surface area contributed by atoms with Gasteiger partial charge in [-0.15, -0.1) is 0 Å². The Bertz CT molecular complexity index is 471. The number of hydrogen-bond acceptors (Lipinski definition) is 3. The molecule has 110 valence electrons. The highest BCUT2D eigenvalue weighted by Crippen LogP contribution is 2.35. The maximum absolute atomic E-state index is 11.1. The van der Waals surface area contributed by atoms with Crippen molar-refractivity contribution < 1.29 is 4.92 Å². The van der Waals surface area contributed by atoms with Gasteiger partial charge in [-0.25, -0.2) is 0 Å². The average molecular weight is 297 g/mol. The van der Waals surface area contributed by atoms with Crippen LogP contribution in [0.4, 0.5) is 11.4 Å². The summed E-state index contributed by atoms with van der Waals surface area (Å²) in [7, 11) is 0. The van der Waals surface area contributed by atoms with Crippen LogP contribution in [0.1, 0.15) is 45.4 Å². The Kier molecular flexibility index (Phi) is 5.24. The second-order valence-corrected chi connectivity index (χ2v) is 5.95. The van der Waals surface area contributed by atoms with E-state index in [4.69, 9.17) is 11.6 Å². The molecule has 1 saturated carbocycles. The first-order valence-corrected chi connectivity index (χ1v) is 7.69. The van der Waals surface area contributed by atoms with Gasteiger partial charge in [0.1, 0.15) is 5.69 Å². The van der Waals surface area contributed by atoms with E-state index >= 15 is 0 Å². The van der Waals surface area contributed by atoms with Crippen molar-refractivity contribution in [2.75, 3.05) is 5.32 Å². The first-order chi connectivity index (χ1) is 9.61. The minimum atomic E-state index is -0.378. The van der Waals surface area contributed by atoms with Crippen LogP contribution in [-0.4, -0.2) is 11.0 Å². The minimum Gasteiger partial charge on any atom is -0.376 e. The normalized spacial score (nSPS) is 22.5. The summed E-state index contributed by atoms with van der Waals surface area (Å²) < 4.78 is 0. The van der Waals surface area contributed by atoms with Crippen LogP contribution in [0.15, 0.2) is 18.2 Å². The van der Waals surface area contributed by atoms with Gasteiger partial charge in [-0.05, 0) is 37.7 Å². The lowest BCUT2D eigenvalue weighted by atomic mass is 9.83. The second kappa shape index (κ2) is 6.93. The summed E-state index contributed by atoms with van der Waals surface area (Å²) in [4.78, 5) is 10.7. The molecule has 20 heavy (non-hydrogen) atoms. The number of hydrogen-bond donors (Lipinski definition) is 1. The third kappa shape index (κ3) is 3.63. The summed E-state index contributed by atoms with van der Waals surface area (Å²) in [5.41, 5.74) is 0.534. The Balaban J connectivity index is 2.03. The van der Waals surface area contributed by atoms with Crippen LogP contribution < -0.4 is 5.32 Å². The van der Waals surface area contributed by atoms with Crippen molar-refractivity contribution in [2.45, 2.75) is 51.5 Å². The van der Waals surface area contributed by atoms with Crippen LogP contribution in [0, 0.1) is 16.0 Å². The third-order valence-corrected chi connectivity index (χ3v) is 4.40. The fraction of sp³-hybridized carbons (Fsp3) is 0.600. The number of nitrogens with zero attached hydrogens (tertiary/aromatic N) is 1. The number of nitro groups is 1. The number of benzene rings is 1. The summed E-state index contributed by atoms with van der Waals surface area (Å²) in [6, 6.07) is 5.10. The Labute approximate surface area is 124 Å². The predicted octanol–water partition coefficient (Wildman–Crippen LogP) is 5.02. The van der Waals surface area contributed by atoms with Gasteiger partial charge in [-0.1, -0.05) is 37.4 Å². The van der Waals surface area contributed by atoms with Crippen molar-refractivity contribution in [1.82, 2.24) is 0 Å². The SMILES string of the molecule is CCCC1CCC(Nc2c(Cl)cccc2[N+](=O)[O-])CC1. The molecule has 0 spiro atoms. The monoisotopic (exact) mass is 296 g/mol. The van der Waals surface area contributed by atoms with E-state index in [1.54, 1.807) is 12.1 Å². The van der Waals surface area contributed by atoms with Gasteiger partial charge in [-0.2, -0.15) is 0 Å². The van der Waals surface area contributed by atoms with E-state index in [1.807, 2.05) is 0 Å². The van der Waals surface area contributed by atoms with Crippen LogP contribution in [0.2, 0.25) is 5.02 Å². The molecule has 2 rings (SSSR count). The van der Waals surface area contributed by atoms with Crippen LogP contribution in [0.5, 0.6) is 0 Å². The van der Waals surface area contributed by atoms with Gasteiger partial charge < -0.3 is 5.32 Å². The molecule has 0 unspecified atom stereocenters. The maximum atomic E-state index is 11.1. The molecular weight excluding hydrogens is 276 g/mol. The fourth-order valence-electron chi connectivity index (χ4n) is 3.02. The molecule has 4 nitrogen and oxygen atoms in total. The molecule has 0 atom stereocenters. The molecule has 1 aromatic rings. The van der Waals surface area contributed by atoms with Crippen molar-refractivity contribution in [2.24, 2.45) is 5.92 Å². The lowest BCUT2D eigenvalue weighted by molar-refractivity contribution is -0.384. The van der Waals surface area contributed by atoms with E-state index in [0.29, 0.717) is 16.8 Å². The van der Waals surface area contributed by atoms with Gasteiger partial charge >= 0.3 is 0 Å². The zero-order chi connectivity index (χ0) is 14.5. The van der Waals surface area contributed by atoms with Crippen molar-refractivity contribution >= 4 is 23.0 Å². The molecule has 0 aromatic heterocycles. The zero-order valence-electron chi connectivity index (χ0n) is 11.8. The molecule has 0 heterocycles. The number of anilines is 1. The van der Waals surface area contributed by atoms with Crippen molar-refractivity contribution in [3.8, 4) is 0 Å². The second-order valence-electron chi connectivity index (χ2n) is 5.54. The van der Waals surface area contributed by atoms with Crippen LogP contribution in [-0.2, 0) is 0 Å². The Morgan fingerprint density at radius 1 is 1.35 bits per heavy atom. The third-order valence-electron chi connectivity index (χ3n) is 4.08. The molecule has 1 aliphatic carbocycles. The molecule has 5 heteroatoms. The average Bonchev–Trinajstić information content (AvgIpc) is 2.43. The summed E-state index contributed by atoms with van der Waals surface area (Å²) in [5.74, 6) is 0.819.